The van der Waals surface area contributed by atoms with Gasteiger partial charge < -0.3 is 14.9 Å². The van der Waals surface area contributed by atoms with E-state index in [4.69, 9.17) is 4.74 Å². The van der Waals surface area contributed by atoms with Gasteiger partial charge in [-0.05, 0) is 115 Å². The fraction of sp³-hybridized carbons (Fsp3) is 0.767. The van der Waals surface area contributed by atoms with Crippen molar-refractivity contribution >= 4 is 6.29 Å². The molecule has 2 rings (SSSR count). The van der Waals surface area contributed by atoms with Crippen LogP contribution in [0.15, 0.2) is 34.4 Å². The number of hydrogen-bond acceptors (Lipinski definition) is 4. The van der Waals surface area contributed by atoms with Gasteiger partial charge in [-0.25, -0.2) is 0 Å². The maximum absolute atomic E-state index is 11.6. The highest BCUT2D eigenvalue weighted by Crippen LogP contribution is 2.53. The molecule has 2 aliphatic rings. The molecule has 1 aliphatic carbocycles. The Morgan fingerprint density at radius 3 is 2.44 bits per heavy atom. The Kier molecular flexibility index (Phi) is 10.8. The number of epoxide rings is 1. The van der Waals surface area contributed by atoms with Gasteiger partial charge >= 0.3 is 0 Å². The van der Waals surface area contributed by atoms with Crippen LogP contribution in [0.5, 0.6) is 0 Å². The van der Waals surface area contributed by atoms with Crippen LogP contribution in [0.3, 0.4) is 0 Å². The molecule has 34 heavy (non-hydrogen) atoms. The van der Waals surface area contributed by atoms with Crippen LogP contribution in [0.1, 0.15) is 106 Å². The van der Waals surface area contributed by atoms with E-state index in [1.165, 1.54) is 16.7 Å². The Labute approximate surface area is 208 Å². The predicted molar refractivity (Wildman–Crippen MR) is 141 cm³/mol. The summed E-state index contributed by atoms with van der Waals surface area (Å²) in [6, 6.07) is 0. The van der Waals surface area contributed by atoms with Crippen molar-refractivity contribution in [2.75, 3.05) is 6.61 Å². The number of carbonyl (C=O) groups excluding carboxylic acids is 1. The summed E-state index contributed by atoms with van der Waals surface area (Å²) in [5, 5.41) is 20.2. The standard InChI is InChI=1S/C30H50O4/c1-21(2)11-8-17-30(7)28(34-30)27(33)19-22(3)12-9-16-29(6)24(5)14-15-25(23(4)20-32)26(29)13-10-18-31/h11-12,20,24,26-28,31,33H,8-10,13-19H2,1-7H3/b22-12+,25-23+/t24-,26-,27?,28?,29-,30?/m1/s1. The van der Waals surface area contributed by atoms with E-state index >= 15 is 0 Å². The minimum atomic E-state index is -0.459. The molecule has 0 amide bonds. The second kappa shape index (κ2) is 12.6. The molecule has 4 nitrogen and oxygen atoms in total. The summed E-state index contributed by atoms with van der Waals surface area (Å²) < 4.78 is 5.91. The third kappa shape index (κ3) is 7.38. The monoisotopic (exact) mass is 474 g/mol. The fourth-order valence-corrected chi connectivity index (χ4v) is 6.13. The van der Waals surface area contributed by atoms with E-state index in [0.29, 0.717) is 18.3 Å². The topological polar surface area (TPSA) is 70.1 Å². The van der Waals surface area contributed by atoms with Crippen molar-refractivity contribution < 1.29 is 19.7 Å². The van der Waals surface area contributed by atoms with Crippen LogP contribution >= 0.6 is 0 Å². The molecule has 6 atom stereocenters. The zero-order chi connectivity index (χ0) is 25.5. The Hall–Kier alpha value is -1.23. The van der Waals surface area contributed by atoms with Gasteiger partial charge in [0.15, 0.2) is 0 Å². The second-order valence-corrected chi connectivity index (χ2v) is 11.7. The van der Waals surface area contributed by atoms with Crippen molar-refractivity contribution in [1.82, 2.24) is 0 Å². The van der Waals surface area contributed by atoms with E-state index in [1.807, 2.05) is 6.92 Å². The van der Waals surface area contributed by atoms with Gasteiger partial charge in [-0.3, -0.25) is 4.79 Å². The molecule has 4 heteroatoms. The Morgan fingerprint density at radius 1 is 1.15 bits per heavy atom. The summed E-state index contributed by atoms with van der Waals surface area (Å²) in [5.74, 6) is 0.911. The Balaban J connectivity index is 1.98. The van der Waals surface area contributed by atoms with E-state index < -0.39 is 6.10 Å². The molecule has 2 N–H and O–H groups in total. The number of ether oxygens (including phenoxy) is 1. The average molecular weight is 475 g/mol. The number of allylic oxidation sites excluding steroid dienone is 5. The quantitative estimate of drug-likeness (QED) is 0.135. The number of aliphatic hydroxyl groups excluding tert-OH is 2. The van der Waals surface area contributed by atoms with Gasteiger partial charge in [0.25, 0.3) is 0 Å². The lowest BCUT2D eigenvalue weighted by Crippen LogP contribution is -2.39. The van der Waals surface area contributed by atoms with Crippen molar-refractivity contribution in [2.24, 2.45) is 17.3 Å². The maximum Gasteiger partial charge on any atom is 0.145 e. The van der Waals surface area contributed by atoms with Crippen LogP contribution in [0.2, 0.25) is 0 Å². The van der Waals surface area contributed by atoms with Crippen molar-refractivity contribution in [3.63, 3.8) is 0 Å². The summed E-state index contributed by atoms with van der Waals surface area (Å²) in [4.78, 5) is 11.6. The van der Waals surface area contributed by atoms with Crippen molar-refractivity contribution in [2.45, 2.75) is 124 Å². The van der Waals surface area contributed by atoms with Gasteiger partial charge in [-0.15, -0.1) is 0 Å². The van der Waals surface area contributed by atoms with E-state index in [-0.39, 0.29) is 23.7 Å². The molecule has 1 aliphatic heterocycles. The molecule has 0 spiro atoms. The van der Waals surface area contributed by atoms with Gasteiger partial charge in [-0.2, -0.15) is 0 Å². The molecule has 1 saturated heterocycles. The molecule has 0 aromatic carbocycles. The largest absolute Gasteiger partial charge is 0.396 e. The van der Waals surface area contributed by atoms with E-state index in [2.05, 4.69) is 53.7 Å². The first-order valence-corrected chi connectivity index (χ1v) is 13.4. The fourth-order valence-electron chi connectivity index (χ4n) is 6.13. The number of hydrogen-bond donors (Lipinski definition) is 2. The lowest BCUT2D eigenvalue weighted by Gasteiger charge is -2.48. The first kappa shape index (κ1) is 29.0. The maximum atomic E-state index is 11.6. The highest BCUT2D eigenvalue weighted by Gasteiger charge is 2.55. The summed E-state index contributed by atoms with van der Waals surface area (Å²) in [5.41, 5.74) is 4.63. The molecule has 1 saturated carbocycles. The molecule has 194 valence electrons. The summed E-state index contributed by atoms with van der Waals surface area (Å²) in [6.45, 7) is 15.3. The highest BCUT2D eigenvalue weighted by molar-refractivity contribution is 5.73. The van der Waals surface area contributed by atoms with E-state index in [0.717, 1.165) is 63.2 Å². The van der Waals surface area contributed by atoms with Crippen molar-refractivity contribution in [1.29, 1.82) is 0 Å². The van der Waals surface area contributed by atoms with Gasteiger partial charge in [0.1, 0.15) is 12.4 Å². The molecular formula is C30H50O4. The van der Waals surface area contributed by atoms with Crippen LogP contribution in [-0.4, -0.2) is 40.9 Å². The van der Waals surface area contributed by atoms with Crippen LogP contribution in [0.4, 0.5) is 0 Å². The lowest BCUT2D eigenvalue weighted by molar-refractivity contribution is -0.105. The van der Waals surface area contributed by atoms with Crippen LogP contribution < -0.4 is 0 Å². The molecule has 0 bridgehead atoms. The smallest absolute Gasteiger partial charge is 0.145 e. The minimum Gasteiger partial charge on any atom is -0.396 e. The minimum absolute atomic E-state index is 0.0702. The molecule has 2 fully saturated rings. The molecular weight excluding hydrogens is 424 g/mol. The van der Waals surface area contributed by atoms with Crippen LogP contribution in [0, 0.1) is 17.3 Å². The first-order chi connectivity index (χ1) is 16.0. The molecule has 3 unspecified atom stereocenters. The zero-order valence-corrected chi connectivity index (χ0v) is 22.8. The average Bonchev–Trinajstić information content (AvgIpc) is 3.45. The number of carbonyl (C=O) groups is 1. The van der Waals surface area contributed by atoms with Gasteiger partial charge in [0, 0.05) is 6.61 Å². The summed E-state index contributed by atoms with van der Waals surface area (Å²) in [7, 11) is 0. The van der Waals surface area contributed by atoms with E-state index in [9.17, 15) is 15.0 Å². The van der Waals surface area contributed by atoms with Gasteiger partial charge in [-0.1, -0.05) is 42.7 Å². The van der Waals surface area contributed by atoms with Crippen molar-refractivity contribution in [3.05, 3.63) is 34.4 Å². The number of aliphatic hydroxyl groups is 2. The molecule has 1 heterocycles. The molecule has 0 aromatic rings. The number of rotatable bonds is 13. The highest BCUT2D eigenvalue weighted by atomic mass is 16.6. The molecule has 0 radical (unpaired) electrons. The Bertz CT molecular complexity index is 775. The SMILES string of the molecule is CC(C)=CCCC1(C)OC1C(O)C/C(C)=C/CC[C@]1(C)[C@H](C)CC/C(=C(/C)C=O)[C@H]1CCCO. The normalized spacial score (nSPS) is 33.9. The zero-order valence-electron chi connectivity index (χ0n) is 22.8. The summed E-state index contributed by atoms with van der Waals surface area (Å²) >= 11 is 0. The van der Waals surface area contributed by atoms with Crippen LogP contribution in [-0.2, 0) is 9.53 Å². The second-order valence-electron chi connectivity index (χ2n) is 11.7. The first-order valence-electron chi connectivity index (χ1n) is 13.4. The third-order valence-corrected chi connectivity index (χ3v) is 8.71. The lowest BCUT2D eigenvalue weighted by atomic mass is 9.56. The van der Waals surface area contributed by atoms with E-state index in [1.54, 1.807) is 0 Å². The number of aldehydes is 1. The predicted octanol–water partition coefficient (Wildman–Crippen LogP) is 6.71. The third-order valence-electron chi connectivity index (χ3n) is 8.71. The Morgan fingerprint density at radius 2 is 1.82 bits per heavy atom. The van der Waals surface area contributed by atoms with Crippen LogP contribution in [0.25, 0.3) is 0 Å². The van der Waals surface area contributed by atoms with Gasteiger partial charge in [0.2, 0.25) is 0 Å². The van der Waals surface area contributed by atoms with Crippen molar-refractivity contribution in [3.8, 4) is 0 Å². The van der Waals surface area contributed by atoms with Gasteiger partial charge in [0.05, 0.1) is 11.7 Å². The summed E-state index contributed by atoms with van der Waals surface area (Å²) in [6.07, 6.45) is 13.4. The molecule has 0 aromatic heterocycles.